The molecule has 0 fully saturated rings. The Morgan fingerprint density at radius 3 is 2.69 bits per heavy atom. The van der Waals surface area contributed by atoms with Crippen LogP contribution in [0.4, 0.5) is 0 Å². The fraction of sp³-hybridized carbons (Fsp3) is 0.300. The third-order valence-electron chi connectivity index (χ3n) is 2.19. The second-order valence-electron chi connectivity index (χ2n) is 3.27. The van der Waals surface area contributed by atoms with E-state index in [1.807, 2.05) is 40.0 Å². The van der Waals surface area contributed by atoms with Crippen LogP contribution in [0, 0.1) is 6.92 Å². The second kappa shape index (κ2) is 3.65. The number of aryl methyl sites for hydroxylation is 1. The molecule has 13 heavy (non-hydrogen) atoms. The van der Waals surface area contributed by atoms with Gasteiger partial charge in [0, 0.05) is 18.8 Å². The molecule has 0 saturated carbocycles. The van der Waals surface area contributed by atoms with Crippen LogP contribution in [0.1, 0.15) is 18.1 Å². The minimum absolute atomic E-state index is 0.0821. The minimum atomic E-state index is 0.0821. The first kappa shape index (κ1) is 9.84. The van der Waals surface area contributed by atoms with E-state index in [1.165, 1.54) is 0 Å². The summed E-state index contributed by atoms with van der Waals surface area (Å²) in [6.45, 7) is 3.82. The van der Waals surface area contributed by atoms with E-state index in [9.17, 15) is 4.79 Å². The summed E-state index contributed by atoms with van der Waals surface area (Å²) < 4.78 is 1.62. The van der Waals surface area contributed by atoms with Crippen molar-refractivity contribution in [3.63, 3.8) is 0 Å². The number of nitrogens with zero attached hydrogens (tertiary/aromatic N) is 1. The van der Waals surface area contributed by atoms with Gasteiger partial charge in [-0.05, 0) is 19.4 Å². The Morgan fingerprint density at radius 2 is 2.15 bits per heavy atom. The van der Waals surface area contributed by atoms with Gasteiger partial charge in [0.05, 0.1) is 0 Å². The van der Waals surface area contributed by atoms with Gasteiger partial charge in [0.1, 0.15) is 7.85 Å². The Morgan fingerprint density at radius 1 is 1.54 bits per heavy atom. The lowest BCUT2D eigenvalue weighted by molar-refractivity contribution is 0.853. The van der Waals surface area contributed by atoms with E-state index in [4.69, 9.17) is 0 Å². The SMILES string of the molecule is Bc1cn(C)c(=O)c(C)c1/C=C\C. The van der Waals surface area contributed by atoms with E-state index in [-0.39, 0.29) is 5.56 Å². The summed E-state index contributed by atoms with van der Waals surface area (Å²) >= 11 is 0. The van der Waals surface area contributed by atoms with Crippen LogP contribution in [0.2, 0.25) is 0 Å². The zero-order valence-corrected chi connectivity index (χ0v) is 8.59. The molecule has 1 aromatic heterocycles. The smallest absolute Gasteiger partial charge is 0.253 e. The average molecular weight is 175 g/mol. The van der Waals surface area contributed by atoms with Gasteiger partial charge in [-0.1, -0.05) is 17.6 Å². The molecule has 0 amide bonds. The third kappa shape index (κ3) is 1.74. The molecule has 68 valence electrons. The van der Waals surface area contributed by atoms with Crippen molar-refractivity contribution in [1.82, 2.24) is 4.57 Å². The van der Waals surface area contributed by atoms with E-state index >= 15 is 0 Å². The molecule has 1 aromatic rings. The number of rotatable bonds is 1. The Hall–Kier alpha value is -1.25. The normalized spacial score (nSPS) is 11.0. The van der Waals surface area contributed by atoms with Crippen LogP contribution < -0.4 is 11.0 Å². The number of pyridine rings is 1. The first-order valence-corrected chi connectivity index (χ1v) is 4.37. The number of aromatic nitrogens is 1. The fourth-order valence-corrected chi connectivity index (χ4v) is 1.52. The van der Waals surface area contributed by atoms with Crippen molar-refractivity contribution in [2.24, 2.45) is 7.05 Å². The lowest BCUT2D eigenvalue weighted by Gasteiger charge is -2.07. The Labute approximate surface area is 79.3 Å². The first-order chi connectivity index (χ1) is 6.07. The van der Waals surface area contributed by atoms with Crippen LogP contribution in [0.3, 0.4) is 0 Å². The summed E-state index contributed by atoms with van der Waals surface area (Å²) in [5.41, 5.74) is 3.09. The van der Waals surface area contributed by atoms with Gasteiger partial charge in [-0.3, -0.25) is 4.79 Å². The van der Waals surface area contributed by atoms with Gasteiger partial charge in [0.15, 0.2) is 0 Å². The Bertz CT molecular complexity index is 404. The van der Waals surface area contributed by atoms with Crippen molar-refractivity contribution in [2.45, 2.75) is 13.8 Å². The number of hydrogen-bond acceptors (Lipinski definition) is 1. The van der Waals surface area contributed by atoms with Gasteiger partial charge in [0.2, 0.25) is 0 Å². The van der Waals surface area contributed by atoms with Crippen molar-refractivity contribution in [3.05, 3.63) is 33.8 Å². The zero-order valence-electron chi connectivity index (χ0n) is 8.59. The summed E-state index contributed by atoms with van der Waals surface area (Å²) in [6.07, 6.45) is 5.80. The van der Waals surface area contributed by atoms with Gasteiger partial charge >= 0.3 is 0 Å². The molecule has 0 aliphatic carbocycles. The van der Waals surface area contributed by atoms with Crippen LogP contribution in [-0.4, -0.2) is 12.4 Å². The van der Waals surface area contributed by atoms with E-state index in [0.717, 1.165) is 16.6 Å². The number of hydrogen-bond donors (Lipinski definition) is 0. The third-order valence-corrected chi connectivity index (χ3v) is 2.19. The lowest BCUT2D eigenvalue weighted by atomic mass is 9.90. The van der Waals surface area contributed by atoms with Gasteiger partial charge in [-0.2, -0.15) is 0 Å². The summed E-state index contributed by atoms with van der Waals surface area (Å²) in [5, 5.41) is 0. The fourth-order valence-electron chi connectivity index (χ4n) is 1.52. The minimum Gasteiger partial charge on any atom is -0.319 e. The monoisotopic (exact) mass is 175 g/mol. The van der Waals surface area contributed by atoms with Gasteiger partial charge in [-0.15, -0.1) is 0 Å². The largest absolute Gasteiger partial charge is 0.319 e. The molecule has 1 rings (SSSR count). The van der Waals surface area contributed by atoms with E-state index < -0.39 is 0 Å². The van der Waals surface area contributed by atoms with E-state index in [2.05, 4.69) is 0 Å². The second-order valence-corrected chi connectivity index (χ2v) is 3.27. The van der Waals surface area contributed by atoms with Crippen molar-refractivity contribution < 1.29 is 0 Å². The zero-order chi connectivity index (χ0) is 10.0. The lowest BCUT2D eigenvalue weighted by Crippen LogP contribution is -2.27. The molecule has 0 aromatic carbocycles. The summed E-state index contributed by atoms with van der Waals surface area (Å²) in [5.74, 6) is 0. The molecule has 3 heteroatoms. The van der Waals surface area contributed by atoms with Crippen LogP contribution in [0.5, 0.6) is 0 Å². The Kier molecular flexibility index (Phi) is 2.76. The van der Waals surface area contributed by atoms with Crippen LogP contribution in [0.15, 0.2) is 17.1 Å². The highest BCUT2D eigenvalue weighted by atomic mass is 16.1. The van der Waals surface area contributed by atoms with Crippen molar-refractivity contribution >= 4 is 19.4 Å². The first-order valence-electron chi connectivity index (χ1n) is 4.37. The molecule has 0 spiro atoms. The molecule has 0 unspecified atom stereocenters. The van der Waals surface area contributed by atoms with Crippen molar-refractivity contribution in [1.29, 1.82) is 0 Å². The van der Waals surface area contributed by atoms with Gasteiger partial charge < -0.3 is 4.57 Å². The molecule has 0 aliphatic heterocycles. The standard InChI is InChI=1S/C10H14BNO/c1-4-5-8-7(2)10(13)12(3)6-9(8)11/h4-6H,11H2,1-3H3/b5-4-. The Balaban J connectivity index is 3.53. The summed E-state index contributed by atoms with van der Waals surface area (Å²) in [4.78, 5) is 11.5. The molecular weight excluding hydrogens is 161 g/mol. The molecule has 0 aliphatic rings. The highest BCUT2D eigenvalue weighted by Crippen LogP contribution is 2.00. The molecule has 2 nitrogen and oxygen atoms in total. The molecule has 0 atom stereocenters. The summed E-state index contributed by atoms with van der Waals surface area (Å²) in [6, 6.07) is 0. The molecule has 0 radical (unpaired) electrons. The van der Waals surface area contributed by atoms with Crippen molar-refractivity contribution in [2.75, 3.05) is 0 Å². The predicted octanol–water partition coefficient (Wildman–Crippen LogP) is -0.0148. The maximum absolute atomic E-state index is 11.5. The maximum Gasteiger partial charge on any atom is 0.253 e. The molecule has 0 N–H and O–H groups in total. The van der Waals surface area contributed by atoms with Gasteiger partial charge in [-0.25, -0.2) is 0 Å². The van der Waals surface area contributed by atoms with Gasteiger partial charge in [0.25, 0.3) is 5.56 Å². The van der Waals surface area contributed by atoms with E-state index in [0.29, 0.717) is 0 Å². The number of allylic oxidation sites excluding steroid dienone is 1. The topological polar surface area (TPSA) is 22.0 Å². The van der Waals surface area contributed by atoms with Crippen LogP contribution in [-0.2, 0) is 7.05 Å². The van der Waals surface area contributed by atoms with Crippen LogP contribution >= 0.6 is 0 Å². The van der Waals surface area contributed by atoms with E-state index in [1.54, 1.807) is 11.6 Å². The quantitative estimate of drug-likeness (QED) is 0.550. The highest BCUT2D eigenvalue weighted by Gasteiger charge is 2.04. The average Bonchev–Trinajstić information content (AvgIpc) is 2.09. The van der Waals surface area contributed by atoms with Crippen molar-refractivity contribution in [3.8, 4) is 0 Å². The molecule has 0 saturated heterocycles. The molecule has 1 heterocycles. The highest BCUT2D eigenvalue weighted by molar-refractivity contribution is 6.34. The molecular formula is C10H14BNO. The maximum atomic E-state index is 11.5. The van der Waals surface area contributed by atoms with Crippen LogP contribution in [0.25, 0.3) is 6.08 Å². The predicted molar refractivity (Wildman–Crippen MR) is 59.3 cm³/mol. The summed E-state index contributed by atoms with van der Waals surface area (Å²) in [7, 11) is 3.80. The molecule has 0 bridgehead atoms.